The maximum Gasteiger partial charge on any atom is 0.217 e. The van der Waals surface area contributed by atoms with Crippen LogP contribution in [0, 0.1) is 0 Å². The van der Waals surface area contributed by atoms with E-state index in [1.165, 1.54) is 20.8 Å². The van der Waals surface area contributed by atoms with E-state index in [-0.39, 0.29) is 0 Å². The number of rotatable bonds is 17. The highest BCUT2D eigenvalue weighted by atomic mass is 16.8. The van der Waals surface area contributed by atoms with E-state index in [2.05, 4.69) is 5.32 Å². The van der Waals surface area contributed by atoms with Crippen LogP contribution in [0.3, 0.4) is 0 Å². The smallest absolute Gasteiger partial charge is 0.217 e. The van der Waals surface area contributed by atoms with Gasteiger partial charge in [0, 0.05) is 6.92 Å². The van der Waals surface area contributed by atoms with Gasteiger partial charge in [0.1, 0.15) is 153 Å². The zero-order chi connectivity index (χ0) is 57.5. The summed E-state index contributed by atoms with van der Waals surface area (Å²) < 4.78 is 76.0. The molecule has 0 aromatic carbocycles. The van der Waals surface area contributed by atoms with Gasteiger partial charge in [0.15, 0.2) is 44.0 Å². The normalized spacial score (nSPS) is 53.4. The van der Waals surface area contributed by atoms with Crippen molar-refractivity contribution in [2.45, 2.75) is 243 Å². The summed E-state index contributed by atoms with van der Waals surface area (Å²) in [5.74, 6) is -0.852. The highest BCUT2D eigenvalue weighted by molar-refractivity contribution is 5.73. The molecule has 0 aliphatic carbocycles. The SMILES string of the molecule is CC(=O)N[C@H]1[C@H](OC[C@H]2O[C@H](O)[C@H](O[C@@H]3O[C@@H](C)[C@@H](O)[C@@H](O)[C@@H]3O)[C@@H](O[C@@H]3O[C@H](CO)[C@H](O)[C@H](O)[C@H]3O[C@@H]3O[C@@H](C)[C@@H](O)[C@@H](O)[C@@H]3O)[C@H]2O)O[C@H](CO)[C@@H](O[C@@H]2O[C@H](CO)[C@H](O)[C@H](O)[C@H]2O)[C@@H]1O[C@@H]1O[C@@H](C)[C@@H](O)[C@@H](O)[C@@H]1O. The molecule has 7 aliphatic rings. The van der Waals surface area contributed by atoms with E-state index in [1.54, 1.807) is 0 Å². The van der Waals surface area contributed by atoms with Crippen molar-refractivity contribution >= 4 is 5.91 Å². The second kappa shape index (κ2) is 26.8. The van der Waals surface area contributed by atoms with E-state index in [0.29, 0.717) is 0 Å². The molecule has 7 saturated heterocycles. The molecule has 0 saturated carbocycles. The largest absolute Gasteiger partial charge is 0.394 e. The van der Waals surface area contributed by atoms with E-state index < -0.39 is 247 Å². The highest BCUT2D eigenvalue weighted by Gasteiger charge is 2.58. The maximum absolute atomic E-state index is 13.0. The summed E-state index contributed by atoms with van der Waals surface area (Å²) in [7, 11) is 0. The number of aliphatic hydroxyl groups excluding tert-OH is 19. The summed E-state index contributed by atoms with van der Waals surface area (Å²) in [5.41, 5.74) is 0. The van der Waals surface area contributed by atoms with Crippen LogP contribution in [0.2, 0.25) is 0 Å². The van der Waals surface area contributed by atoms with Gasteiger partial charge in [0.05, 0.1) is 44.7 Å². The predicted octanol–water partition coefficient (Wildman–Crippen LogP) is -13.0. The van der Waals surface area contributed by atoms with E-state index in [4.69, 9.17) is 61.6 Å². The number of hydrogen-bond acceptors (Lipinski definition) is 33. The fourth-order valence-electron chi connectivity index (χ4n) is 10.1. The Balaban J connectivity index is 1.21. The molecular weight excluding hydrogens is 1070 g/mol. The van der Waals surface area contributed by atoms with Gasteiger partial charge in [-0.05, 0) is 20.8 Å². The van der Waals surface area contributed by atoms with Gasteiger partial charge in [0.2, 0.25) is 5.91 Å². The molecule has 20 N–H and O–H groups in total. The lowest BCUT2D eigenvalue weighted by Gasteiger charge is -2.51. The molecule has 1 amide bonds. The van der Waals surface area contributed by atoms with Crippen molar-refractivity contribution in [3.8, 4) is 0 Å². The van der Waals surface area contributed by atoms with Crippen molar-refractivity contribution in [1.82, 2.24) is 5.32 Å². The molecule has 7 rings (SSSR count). The molecule has 0 aromatic heterocycles. The Bertz CT molecular complexity index is 1890. The summed E-state index contributed by atoms with van der Waals surface area (Å²) in [6.07, 6.45) is -63.4. The van der Waals surface area contributed by atoms with Gasteiger partial charge >= 0.3 is 0 Å². The Hall–Kier alpha value is -1.81. The first kappa shape index (κ1) is 63.8. The standard InChI is InChI=1S/C44H75NO33/c1-9-18(50)24(56)29(61)40(67-9)75-34-17(45-12(4)49)39(73-15(7-48)33(34)74-43-32(64)27(59)21(53)13(5-46)71-43)66-8-16-23(55)35(37(38(65)70-16)78-42-31(63)26(58)20(52)11(3)69-42)76-44-36(28(60)22(54)14(6-47)72-44)77-41-30(62)25(57)19(51)10(2)68-41/h9-11,13-44,46-48,50-65H,5-8H2,1-4H3,(H,45,49)/t9-,10-,11-,13+,14+,15+,16+,17+,18+,19+,20+,21-,22-,23-,24+,25+,26+,27-,28-,29-,30-,31-,32+,33+,34+,35-,36+,37+,38-,39+,40-,41-,42-,43-,44-/m0/s1. The second-order valence-corrected chi connectivity index (χ2v) is 20.3. The van der Waals surface area contributed by atoms with E-state index in [9.17, 15) is 102 Å². The molecule has 34 nitrogen and oxygen atoms in total. The molecule has 7 aliphatic heterocycles. The summed E-state index contributed by atoms with van der Waals surface area (Å²) in [5, 5.41) is 207. The molecule has 0 spiro atoms. The number of ether oxygens (including phenoxy) is 13. The van der Waals surface area contributed by atoms with Gasteiger partial charge in [-0.15, -0.1) is 0 Å². The zero-order valence-electron chi connectivity index (χ0n) is 42.2. The quantitative estimate of drug-likeness (QED) is 0.0643. The first-order chi connectivity index (χ1) is 36.7. The Morgan fingerprint density at radius 2 is 0.731 bits per heavy atom. The lowest BCUT2D eigenvalue weighted by atomic mass is 9.94. The van der Waals surface area contributed by atoms with Crippen molar-refractivity contribution in [1.29, 1.82) is 0 Å². The topological polar surface area (TPSA) is 533 Å². The minimum absolute atomic E-state index is 0.852. The number of amides is 1. The van der Waals surface area contributed by atoms with Crippen LogP contribution in [0.1, 0.15) is 27.7 Å². The van der Waals surface area contributed by atoms with Crippen LogP contribution in [0.15, 0.2) is 0 Å². The molecule has 0 aromatic rings. The zero-order valence-corrected chi connectivity index (χ0v) is 42.2. The minimum atomic E-state index is -2.32. The molecule has 7 fully saturated rings. The second-order valence-electron chi connectivity index (χ2n) is 20.3. The Kier molecular flexibility index (Phi) is 21.9. The fraction of sp³-hybridized carbons (Fsp3) is 0.977. The molecule has 0 bridgehead atoms. The van der Waals surface area contributed by atoms with Gasteiger partial charge in [0.25, 0.3) is 0 Å². The van der Waals surface area contributed by atoms with E-state index >= 15 is 0 Å². The van der Waals surface area contributed by atoms with Crippen LogP contribution in [0.4, 0.5) is 0 Å². The summed E-state index contributed by atoms with van der Waals surface area (Å²) in [6, 6.07) is -1.74. The minimum Gasteiger partial charge on any atom is -0.394 e. The third kappa shape index (κ3) is 13.2. The van der Waals surface area contributed by atoms with Crippen LogP contribution in [-0.2, 0) is 66.4 Å². The molecule has 7 heterocycles. The molecule has 34 heteroatoms. The third-order valence-electron chi connectivity index (χ3n) is 14.8. The van der Waals surface area contributed by atoms with Gasteiger partial charge in [-0.25, -0.2) is 0 Å². The summed E-state index contributed by atoms with van der Waals surface area (Å²) in [4.78, 5) is 13.0. The van der Waals surface area contributed by atoms with Crippen LogP contribution >= 0.6 is 0 Å². The molecule has 35 atom stereocenters. The van der Waals surface area contributed by atoms with Gasteiger partial charge in [-0.3, -0.25) is 4.79 Å². The van der Waals surface area contributed by atoms with Crippen LogP contribution in [-0.4, -0.2) is 344 Å². The average Bonchev–Trinajstić information content (AvgIpc) is 3.58. The molecular formula is C44H75NO33. The summed E-state index contributed by atoms with van der Waals surface area (Å²) >= 11 is 0. The predicted molar refractivity (Wildman–Crippen MR) is 239 cm³/mol. The van der Waals surface area contributed by atoms with E-state index in [1.807, 2.05) is 0 Å². The Morgan fingerprint density at radius 3 is 1.19 bits per heavy atom. The fourth-order valence-corrected chi connectivity index (χ4v) is 10.1. The van der Waals surface area contributed by atoms with Gasteiger partial charge in [-0.1, -0.05) is 0 Å². The average molecular weight is 1150 g/mol. The Morgan fingerprint density at radius 1 is 0.359 bits per heavy atom. The number of nitrogens with one attached hydrogen (secondary N) is 1. The lowest BCUT2D eigenvalue weighted by Crippen LogP contribution is -2.70. The number of aliphatic hydroxyl groups is 19. The van der Waals surface area contributed by atoms with Crippen LogP contribution in [0.25, 0.3) is 0 Å². The summed E-state index contributed by atoms with van der Waals surface area (Å²) in [6.45, 7) is 1.01. The first-order valence-corrected chi connectivity index (χ1v) is 25.2. The van der Waals surface area contributed by atoms with E-state index in [0.717, 1.165) is 6.92 Å². The maximum atomic E-state index is 13.0. The Labute approximate surface area is 443 Å². The molecule has 0 unspecified atom stereocenters. The monoisotopic (exact) mass is 1150 g/mol. The van der Waals surface area contributed by atoms with Crippen molar-refractivity contribution in [3.05, 3.63) is 0 Å². The molecule has 0 radical (unpaired) electrons. The highest BCUT2D eigenvalue weighted by Crippen LogP contribution is 2.38. The van der Waals surface area contributed by atoms with Crippen molar-refractivity contribution in [3.63, 3.8) is 0 Å². The van der Waals surface area contributed by atoms with Crippen LogP contribution in [0.5, 0.6) is 0 Å². The number of carbonyl (C=O) groups is 1. The van der Waals surface area contributed by atoms with Crippen LogP contribution < -0.4 is 5.32 Å². The van der Waals surface area contributed by atoms with Crippen molar-refractivity contribution in [2.75, 3.05) is 26.4 Å². The van der Waals surface area contributed by atoms with Crippen molar-refractivity contribution < 1.29 is 163 Å². The van der Waals surface area contributed by atoms with Crippen molar-refractivity contribution in [2.24, 2.45) is 0 Å². The number of carbonyl (C=O) groups excluding carboxylic acids is 1. The first-order valence-electron chi connectivity index (χ1n) is 25.2. The third-order valence-corrected chi connectivity index (χ3v) is 14.8. The molecule has 454 valence electrons. The lowest BCUT2D eigenvalue weighted by molar-refractivity contribution is -0.403. The molecule has 78 heavy (non-hydrogen) atoms. The van der Waals surface area contributed by atoms with Gasteiger partial charge in [-0.2, -0.15) is 0 Å². The number of hydrogen-bond donors (Lipinski definition) is 20. The van der Waals surface area contributed by atoms with Gasteiger partial charge < -0.3 is 164 Å².